The van der Waals surface area contributed by atoms with E-state index in [0.29, 0.717) is 34.9 Å². The molecule has 0 saturated carbocycles. The molecule has 35 heavy (non-hydrogen) atoms. The molecule has 2 aromatic carbocycles. The van der Waals surface area contributed by atoms with Crippen LogP contribution in [0.25, 0.3) is 0 Å². The van der Waals surface area contributed by atoms with Crippen LogP contribution in [-0.2, 0) is 19.1 Å². The fourth-order valence-electron chi connectivity index (χ4n) is 4.50. The van der Waals surface area contributed by atoms with Gasteiger partial charge in [-0.25, -0.2) is 8.96 Å². The molecule has 0 aliphatic rings. The molecule has 3 rings (SSSR count). The third-order valence-electron chi connectivity index (χ3n) is 6.30. The second-order valence-electron chi connectivity index (χ2n) is 9.41. The minimum atomic E-state index is -4.65. The van der Waals surface area contributed by atoms with Crippen molar-refractivity contribution in [3.8, 4) is 5.75 Å². The van der Waals surface area contributed by atoms with Crippen LogP contribution < -0.4 is 9.30 Å². The van der Waals surface area contributed by atoms with Crippen molar-refractivity contribution in [3.05, 3.63) is 93.5 Å². The van der Waals surface area contributed by atoms with E-state index in [0.717, 1.165) is 11.6 Å². The van der Waals surface area contributed by atoms with E-state index in [1.54, 1.807) is 20.1 Å². The Morgan fingerprint density at radius 1 is 0.971 bits per heavy atom. The van der Waals surface area contributed by atoms with E-state index in [2.05, 4.69) is 37.6 Å². The summed E-state index contributed by atoms with van der Waals surface area (Å²) in [7, 11) is 1.55. The Kier molecular flexibility index (Phi) is 8.47. The highest BCUT2D eigenvalue weighted by Gasteiger charge is 2.35. The van der Waals surface area contributed by atoms with Crippen molar-refractivity contribution in [3.63, 3.8) is 0 Å². The molecule has 0 saturated heterocycles. The lowest BCUT2D eigenvalue weighted by Gasteiger charge is -2.22. The molecule has 0 fully saturated rings. The van der Waals surface area contributed by atoms with Crippen molar-refractivity contribution in [1.29, 1.82) is 0 Å². The summed E-state index contributed by atoms with van der Waals surface area (Å²) in [4.78, 5) is 0. The third-order valence-corrected chi connectivity index (χ3v) is 6.52. The third kappa shape index (κ3) is 6.54. The number of methoxy groups -OCH3 is 1. The lowest BCUT2D eigenvalue weighted by Crippen LogP contribution is -2.36. The van der Waals surface area contributed by atoms with Gasteiger partial charge < -0.3 is 4.74 Å². The van der Waals surface area contributed by atoms with Crippen LogP contribution in [-0.4, -0.2) is 7.11 Å². The van der Waals surface area contributed by atoms with E-state index in [1.165, 1.54) is 11.6 Å². The summed E-state index contributed by atoms with van der Waals surface area (Å²) >= 11 is 6.45. The first-order chi connectivity index (χ1) is 16.4. The van der Waals surface area contributed by atoms with Gasteiger partial charge in [-0.05, 0) is 59.7 Å². The number of hydrogen-bond acceptors (Lipinski definition) is 1. The van der Waals surface area contributed by atoms with E-state index < -0.39 is 23.5 Å². The maximum Gasteiger partial charge on any atom is 0.416 e. The zero-order valence-corrected chi connectivity index (χ0v) is 21.3. The summed E-state index contributed by atoms with van der Waals surface area (Å²) in [6.07, 6.45) is -0.260. The molecule has 0 aliphatic carbocycles. The van der Waals surface area contributed by atoms with Gasteiger partial charge in [-0.3, -0.25) is 0 Å². The molecule has 188 valence electrons. The van der Waals surface area contributed by atoms with Crippen LogP contribution in [0.2, 0.25) is 5.02 Å². The van der Waals surface area contributed by atoms with Crippen molar-refractivity contribution in [2.24, 2.45) is 0 Å². The van der Waals surface area contributed by atoms with Crippen LogP contribution in [0.3, 0.4) is 0 Å². The van der Waals surface area contributed by atoms with Crippen molar-refractivity contribution in [2.45, 2.75) is 64.6 Å². The lowest BCUT2D eigenvalue weighted by atomic mass is 9.87. The minimum Gasteiger partial charge on any atom is -0.496 e. The van der Waals surface area contributed by atoms with Crippen molar-refractivity contribution in [1.82, 2.24) is 0 Å². The average Bonchev–Trinajstić information content (AvgIpc) is 2.78. The second-order valence-corrected chi connectivity index (χ2v) is 9.85. The van der Waals surface area contributed by atoms with E-state index >= 15 is 0 Å². The van der Waals surface area contributed by atoms with Crippen molar-refractivity contribution >= 4 is 11.6 Å². The zero-order valence-electron chi connectivity index (χ0n) is 20.6. The van der Waals surface area contributed by atoms with Gasteiger partial charge in [-0.2, -0.15) is 13.2 Å². The van der Waals surface area contributed by atoms with Gasteiger partial charge in [0.1, 0.15) is 11.6 Å². The highest BCUT2D eigenvalue weighted by atomic mass is 35.5. The molecular formula is C28H31ClF4NO+. The van der Waals surface area contributed by atoms with Gasteiger partial charge in [-0.1, -0.05) is 45.4 Å². The van der Waals surface area contributed by atoms with Gasteiger partial charge in [0.25, 0.3) is 0 Å². The summed E-state index contributed by atoms with van der Waals surface area (Å²) in [6, 6.07) is 10.5. The van der Waals surface area contributed by atoms with Gasteiger partial charge in [0.2, 0.25) is 0 Å². The monoisotopic (exact) mass is 508 g/mol. The Balaban J connectivity index is 1.94. The number of nitrogens with zero attached hydrogens (tertiary/aromatic N) is 1. The highest BCUT2D eigenvalue weighted by molar-refractivity contribution is 6.30. The van der Waals surface area contributed by atoms with E-state index in [-0.39, 0.29) is 17.9 Å². The van der Waals surface area contributed by atoms with Gasteiger partial charge in [0, 0.05) is 28.1 Å². The van der Waals surface area contributed by atoms with E-state index in [4.69, 9.17) is 16.3 Å². The van der Waals surface area contributed by atoms with Gasteiger partial charge in [0.15, 0.2) is 18.9 Å². The van der Waals surface area contributed by atoms with Crippen molar-refractivity contribution < 1.29 is 26.9 Å². The summed E-state index contributed by atoms with van der Waals surface area (Å²) in [6.45, 7) is 8.73. The Hall–Kier alpha value is -2.60. The standard InChI is InChI=1S/C28H31ClF4NO/c1-17(2)20-7-6-10-34(16-20)15-19(4)25-13-22(29)12-21(27(25)35-5)11-18(3)24-9-8-23(30)14-26(24)28(31,32)33/h6-10,12-14,16-19H,11,15H2,1-5H3/q+1. The SMILES string of the molecule is COc1c(CC(C)c2ccc(F)cc2C(F)(F)F)cc(Cl)cc1C(C)C[n+]1cccc(C(C)C)c1. The number of pyridine rings is 1. The van der Waals surface area contributed by atoms with Crippen LogP contribution in [0.1, 0.15) is 73.3 Å². The van der Waals surface area contributed by atoms with E-state index in [9.17, 15) is 17.6 Å². The second kappa shape index (κ2) is 11.0. The molecule has 1 heterocycles. The van der Waals surface area contributed by atoms with Crippen LogP contribution >= 0.6 is 11.6 Å². The first-order valence-electron chi connectivity index (χ1n) is 11.6. The molecule has 2 unspecified atom stereocenters. The quantitative estimate of drug-likeness (QED) is 0.221. The lowest BCUT2D eigenvalue weighted by molar-refractivity contribution is -0.699. The maximum absolute atomic E-state index is 13.6. The molecule has 0 bridgehead atoms. The topological polar surface area (TPSA) is 13.1 Å². The maximum atomic E-state index is 13.6. The summed E-state index contributed by atoms with van der Waals surface area (Å²) in [5.41, 5.74) is 1.91. The highest BCUT2D eigenvalue weighted by Crippen LogP contribution is 2.40. The Bertz CT molecular complexity index is 1180. The number of ether oxygens (including phenoxy) is 1. The minimum absolute atomic E-state index is 0.0293. The number of aromatic nitrogens is 1. The fraction of sp³-hybridized carbons (Fsp3) is 0.393. The molecule has 2 atom stereocenters. The molecule has 7 heteroatoms. The summed E-state index contributed by atoms with van der Waals surface area (Å²) in [5.74, 6) is -0.407. The first-order valence-corrected chi connectivity index (χ1v) is 12.0. The van der Waals surface area contributed by atoms with Crippen LogP contribution in [0.5, 0.6) is 5.75 Å². The number of alkyl halides is 3. The normalized spacial score (nSPS) is 13.7. The Labute approximate surface area is 209 Å². The van der Waals surface area contributed by atoms with Crippen LogP contribution in [0, 0.1) is 5.82 Å². The number of benzene rings is 2. The van der Waals surface area contributed by atoms with Crippen LogP contribution in [0.15, 0.2) is 54.9 Å². The van der Waals surface area contributed by atoms with Crippen molar-refractivity contribution in [2.75, 3.05) is 7.11 Å². The van der Waals surface area contributed by atoms with Gasteiger partial charge in [-0.15, -0.1) is 0 Å². The van der Waals surface area contributed by atoms with Crippen LogP contribution in [0.4, 0.5) is 17.6 Å². The zero-order chi connectivity index (χ0) is 25.9. The number of rotatable bonds is 8. The molecule has 1 aromatic heterocycles. The smallest absolute Gasteiger partial charge is 0.416 e. The fourth-order valence-corrected chi connectivity index (χ4v) is 4.74. The van der Waals surface area contributed by atoms with E-state index in [1.807, 2.05) is 18.3 Å². The molecule has 0 radical (unpaired) electrons. The predicted octanol–water partition coefficient (Wildman–Crippen LogP) is 8.07. The molecule has 0 N–H and O–H groups in total. The molecule has 2 nitrogen and oxygen atoms in total. The largest absolute Gasteiger partial charge is 0.496 e. The summed E-state index contributed by atoms with van der Waals surface area (Å²) < 4.78 is 62.2. The predicted molar refractivity (Wildman–Crippen MR) is 131 cm³/mol. The Morgan fingerprint density at radius 3 is 2.31 bits per heavy atom. The molecular weight excluding hydrogens is 478 g/mol. The molecule has 0 aliphatic heterocycles. The Morgan fingerprint density at radius 2 is 1.69 bits per heavy atom. The molecule has 0 amide bonds. The van der Waals surface area contributed by atoms with Gasteiger partial charge in [0.05, 0.1) is 12.7 Å². The van der Waals surface area contributed by atoms with Gasteiger partial charge >= 0.3 is 6.18 Å². The number of hydrogen-bond donors (Lipinski definition) is 0. The first kappa shape index (κ1) is 27.0. The summed E-state index contributed by atoms with van der Waals surface area (Å²) in [5, 5.41) is 0.492. The molecule has 3 aromatic rings. The molecule has 0 spiro atoms. The average molecular weight is 509 g/mol. The number of halogens is 5.